The van der Waals surface area contributed by atoms with Gasteiger partial charge in [0.2, 0.25) is 0 Å². The fourth-order valence-electron chi connectivity index (χ4n) is 4.16. The van der Waals surface area contributed by atoms with Crippen LogP contribution in [0.15, 0.2) is 47.4 Å². The van der Waals surface area contributed by atoms with Gasteiger partial charge in [0.1, 0.15) is 4.90 Å². The van der Waals surface area contributed by atoms with Crippen LogP contribution < -0.4 is 0 Å². The van der Waals surface area contributed by atoms with Crippen molar-refractivity contribution in [2.45, 2.75) is 121 Å². The van der Waals surface area contributed by atoms with Gasteiger partial charge < -0.3 is 9.47 Å². The lowest BCUT2D eigenvalue weighted by Crippen LogP contribution is -2.19. The van der Waals surface area contributed by atoms with Crippen molar-refractivity contribution in [1.82, 2.24) is 0 Å². The van der Waals surface area contributed by atoms with Crippen LogP contribution in [-0.4, -0.2) is 38.1 Å². The van der Waals surface area contributed by atoms with Crippen LogP contribution in [0.3, 0.4) is 0 Å². The first-order chi connectivity index (χ1) is 19.3. The van der Waals surface area contributed by atoms with E-state index in [-0.39, 0.29) is 18.8 Å². The maximum Gasteiger partial charge on any atom is 0.340 e. The minimum atomic E-state index is -4.75. The predicted octanol–water partition coefficient (Wildman–Crippen LogP) is 8.64. The largest absolute Gasteiger partial charge is 0.462 e. The molecule has 0 saturated heterocycles. The first kappa shape index (κ1) is 35.6. The lowest BCUT2D eigenvalue weighted by molar-refractivity contribution is 0.0446. The van der Waals surface area contributed by atoms with E-state index in [9.17, 15) is 22.6 Å². The first-order valence-corrected chi connectivity index (χ1v) is 16.5. The monoisotopic (exact) mass is 578 g/mol. The van der Waals surface area contributed by atoms with Crippen LogP contribution in [0, 0.1) is 0 Å². The summed E-state index contributed by atoms with van der Waals surface area (Å²) in [5, 5.41) is 0. The van der Waals surface area contributed by atoms with Crippen molar-refractivity contribution in [2.75, 3.05) is 13.2 Å². The van der Waals surface area contributed by atoms with Gasteiger partial charge in [-0.3, -0.25) is 4.55 Å². The fraction of sp³-hybridized carbons (Fsp3) is 0.625. The zero-order chi connectivity index (χ0) is 29.5. The molecule has 0 radical (unpaired) electrons. The van der Waals surface area contributed by atoms with E-state index in [1.54, 1.807) is 0 Å². The average molecular weight is 579 g/mol. The normalized spacial score (nSPS) is 11.9. The van der Waals surface area contributed by atoms with E-state index in [1.807, 2.05) is 0 Å². The molecule has 1 aromatic carbocycles. The minimum Gasteiger partial charge on any atom is -0.462 e. The van der Waals surface area contributed by atoms with Crippen LogP contribution in [0.4, 0.5) is 0 Å². The standard InChI is InChI=1S/C32H50O7S/c1-3-5-7-9-11-13-15-17-19-21-26-38-31(33)28-24-23-25-29(40(35,36)37)30(28)32(34)39-27-22-20-18-16-14-12-10-8-6-4-2/h9-12,23-25H,3-8,13-22,26-27H2,1-2H3,(H,35,36,37)/b11-9+,12-10+. The number of hydrogen-bond donors (Lipinski definition) is 1. The fourth-order valence-corrected chi connectivity index (χ4v) is 4.86. The van der Waals surface area contributed by atoms with Crippen molar-refractivity contribution < 1.29 is 32.0 Å². The molecule has 0 aliphatic carbocycles. The molecule has 1 aromatic rings. The van der Waals surface area contributed by atoms with Gasteiger partial charge in [-0.2, -0.15) is 8.42 Å². The Balaban J connectivity index is 2.53. The average Bonchev–Trinajstić information content (AvgIpc) is 2.93. The van der Waals surface area contributed by atoms with Crippen LogP contribution in [0.1, 0.15) is 137 Å². The van der Waals surface area contributed by atoms with Crippen LogP contribution in [0.25, 0.3) is 0 Å². The van der Waals surface area contributed by atoms with Gasteiger partial charge in [-0.05, 0) is 63.5 Å². The molecule has 1 rings (SSSR count). The molecule has 0 atom stereocenters. The number of carbonyl (C=O) groups is 2. The summed E-state index contributed by atoms with van der Waals surface area (Å²) in [6.45, 7) is 4.60. The smallest absolute Gasteiger partial charge is 0.340 e. The molecule has 40 heavy (non-hydrogen) atoms. The third kappa shape index (κ3) is 16.0. The Morgan fingerprint density at radius 1 is 0.675 bits per heavy atom. The Hall–Kier alpha value is -2.45. The molecular weight excluding hydrogens is 528 g/mol. The Morgan fingerprint density at radius 3 is 1.60 bits per heavy atom. The van der Waals surface area contributed by atoms with Gasteiger partial charge in [0.15, 0.2) is 0 Å². The lowest BCUT2D eigenvalue weighted by Gasteiger charge is -2.13. The number of rotatable bonds is 23. The minimum absolute atomic E-state index is 0.0905. The van der Waals surface area contributed by atoms with Crippen LogP contribution in [-0.2, 0) is 19.6 Å². The maximum absolute atomic E-state index is 12.8. The van der Waals surface area contributed by atoms with E-state index in [0.29, 0.717) is 12.8 Å². The molecule has 1 N–H and O–H groups in total. The summed E-state index contributed by atoms with van der Waals surface area (Å²) in [4.78, 5) is 24.9. The molecule has 0 saturated carbocycles. The van der Waals surface area contributed by atoms with Gasteiger partial charge in [0.25, 0.3) is 10.1 Å². The summed E-state index contributed by atoms with van der Waals surface area (Å²) in [5.74, 6) is -1.78. The molecule has 0 unspecified atom stereocenters. The summed E-state index contributed by atoms with van der Waals surface area (Å²) in [6.07, 6.45) is 25.1. The number of benzene rings is 1. The van der Waals surface area contributed by atoms with Crippen LogP contribution in [0.5, 0.6) is 0 Å². The van der Waals surface area contributed by atoms with E-state index in [1.165, 1.54) is 37.8 Å². The van der Waals surface area contributed by atoms with Gasteiger partial charge in [-0.15, -0.1) is 0 Å². The highest BCUT2D eigenvalue weighted by molar-refractivity contribution is 7.86. The van der Waals surface area contributed by atoms with Crippen LogP contribution in [0.2, 0.25) is 0 Å². The van der Waals surface area contributed by atoms with Crippen molar-refractivity contribution >= 4 is 22.1 Å². The maximum atomic E-state index is 12.8. The number of unbranched alkanes of at least 4 members (excludes halogenated alkanes) is 12. The van der Waals surface area contributed by atoms with Gasteiger partial charge >= 0.3 is 11.9 Å². The van der Waals surface area contributed by atoms with Crippen molar-refractivity contribution in [3.63, 3.8) is 0 Å². The van der Waals surface area contributed by atoms with Gasteiger partial charge in [0, 0.05) is 0 Å². The van der Waals surface area contributed by atoms with Crippen molar-refractivity contribution in [2.24, 2.45) is 0 Å². The molecule has 0 amide bonds. The highest BCUT2D eigenvalue weighted by Crippen LogP contribution is 2.22. The van der Waals surface area contributed by atoms with E-state index >= 15 is 0 Å². The number of hydrogen-bond acceptors (Lipinski definition) is 6. The van der Waals surface area contributed by atoms with E-state index < -0.39 is 32.5 Å². The van der Waals surface area contributed by atoms with Gasteiger partial charge in [-0.1, -0.05) is 95.6 Å². The van der Waals surface area contributed by atoms with Gasteiger partial charge in [-0.25, -0.2) is 9.59 Å². The van der Waals surface area contributed by atoms with Gasteiger partial charge in [0.05, 0.1) is 24.3 Å². The zero-order valence-electron chi connectivity index (χ0n) is 24.6. The first-order valence-electron chi connectivity index (χ1n) is 15.1. The molecule has 0 aliphatic rings. The third-order valence-electron chi connectivity index (χ3n) is 6.51. The molecule has 226 valence electrons. The molecule has 0 spiro atoms. The second-order valence-corrected chi connectivity index (χ2v) is 11.4. The zero-order valence-corrected chi connectivity index (χ0v) is 25.4. The van der Waals surface area contributed by atoms with Crippen molar-refractivity contribution in [1.29, 1.82) is 0 Å². The molecule has 0 heterocycles. The Morgan fingerprint density at radius 2 is 1.12 bits per heavy atom. The summed E-state index contributed by atoms with van der Waals surface area (Å²) in [7, 11) is -4.75. The second kappa shape index (κ2) is 22.3. The summed E-state index contributed by atoms with van der Waals surface area (Å²) < 4.78 is 44.2. The molecule has 0 aliphatic heterocycles. The van der Waals surface area contributed by atoms with E-state index in [0.717, 1.165) is 70.3 Å². The highest BCUT2D eigenvalue weighted by Gasteiger charge is 2.28. The van der Waals surface area contributed by atoms with E-state index in [2.05, 4.69) is 38.2 Å². The molecule has 0 bridgehead atoms. The molecule has 7 nitrogen and oxygen atoms in total. The summed E-state index contributed by atoms with van der Waals surface area (Å²) in [6, 6.07) is 3.68. The lowest BCUT2D eigenvalue weighted by atomic mass is 10.1. The highest BCUT2D eigenvalue weighted by atomic mass is 32.2. The molecule has 8 heteroatoms. The Bertz CT molecular complexity index is 1010. The summed E-state index contributed by atoms with van der Waals surface area (Å²) in [5.41, 5.74) is -0.714. The molecule has 0 aromatic heterocycles. The SMILES string of the molecule is CCCC/C=C/CCCCCCOC(=O)c1cccc(S(=O)(=O)O)c1C(=O)OCCCCCC/C=C/CCCC. The summed E-state index contributed by atoms with van der Waals surface area (Å²) >= 11 is 0. The number of esters is 2. The molecular formula is C32H50O7S. The van der Waals surface area contributed by atoms with Crippen molar-refractivity contribution in [3.05, 3.63) is 53.6 Å². The number of carbonyl (C=O) groups excluding carboxylic acids is 2. The van der Waals surface area contributed by atoms with E-state index in [4.69, 9.17) is 9.47 Å². The molecule has 0 fully saturated rings. The third-order valence-corrected chi connectivity index (χ3v) is 7.40. The Kier molecular flexibility index (Phi) is 19.8. The van der Waals surface area contributed by atoms with Crippen molar-refractivity contribution in [3.8, 4) is 0 Å². The van der Waals surface area contributed by atoms with Crippen LogP contribution >= 0.6 is 0 Å². The quantitative estimate of drug-likeness (QED) is 0.0599. The predicted molar refractivity (Wildman–Crippen MR) is 160 cm³/mol. The Labute approximate surface area is 242 Å². The number of allylic oxidation sites excluding steroid dienone is 4. The topological polar surface area (TPSA) is 107 Å². The second-order valence-electron chi connectivity index (χ2n) is 10.1. The number of ether oxygens (including phenoxy) is 2.